The third-order valence-electron chi connectivity index (χ3n) is 3.00. The molecule has 0 amide bonds. The van der Waals surface area contributed by atoms with Crippen LogP contribution in [0.1, 0.15) is 20.9 Å². The van der Waals surface area contributed by atoms with Crippen LogP contribution in [0.3, 0.4) is 0 Å². The minimum absolute atomic E-state index is 0.263. The summed E-state index contributed by atoms with van der Waals surface area (Å²) in [6.45, 7) is 6.67. The highest BCUT2D eigenvalue weighted by atomic mass is 32.1. The fraction of sp³-hybridized carbons (Fsp3) is 0.286. The summed E-state index contributed by atoms with van der Waals surface area (Å²) >= 11 is 1.77. The molecule has 1 aromatic heterocycles. The van der Waals surface area contributed by atoms with E-state index in [1.165, 1.54) is 21.4 Å². The van der Waals surface area contributed by atoms with E-state index in [1.807, 2.05) is 0 Å². The van der Waals surface area contributed by atoms with Crippen molar-refractivity contribution in [1.29, 1.82) is 0 Å². The second-order valence-corrected chi connectivity index (χ2v) is 5.83. The van der Waals surface area contributed by atoms with Gasteiger partial charge in [-0.25, -0.2) is 4.39 Å². The number of nitrogens with two attached hydrogens (primary N) is 1. The lowest BCUT2D eigenvalue weighted by Gasteiger charge is -2.10. The molecule has 1 aromatic carbocycles. The van der Waals surface area contributed by atoms with Crippen molar-refractivity contribution < 1.29 is 4.39 Å². The van der Waals surface area contributed by atoms with E-state index in [4.69, 9.17) is 5.73 Å². The van der Waals surface area contributed by atoms with Gasteiger partial charge in [0.1, 0.15) is 5.82 Å². The number of hydrogen-bond donors (Lipinski definition) is 2. The molecule has 0 aliphatic rings. The third kappa shape index (κ3) is 2.64. The van der Waals surface area contributed by atoms with Crippen molar-refractivity contribution >= 4 is 22.7 Å². The lowest BCUT2D eigenvalue weighted by molar-refractivity contribution is 0.619. The minimum atomic E-state index is -0.263. The maximum absolute atomic E-state index is 13.3. The molecule has 0 aliphatic heterocycles. The molecule has 0 bridgehead atoms. The monoisotopic (exact) mass is 264 g/mol. The molecule has 2 aromatic rings. The fourth-order valence-corrected chi connectivity index (χ4v) is 2.76. The molecule has 0 unspecified atom stereocenters. The number of halogens is 1. The highest BCUT2D eigenvalue weighted by Gasteiger charge is 2.06. The molecule has 2 nitrogen and oxygen atoms in total. The predicted octanol–water partition coefficient (Wildman–Crippen LogP) is 4.01. The van der Waals surface area contributed by atoms with Crippen molar-refractivity contribution in [2.75, 3.05) is 11.1 Å². The van der Waals surface area contributed by atoms with E-state index in [2.05, 4.69) is 25.2 Å². The predicted molar refractivity (Wildman–Crippen MR) is 76.7 cm³/mol. The van der Waals surface area contributed by atoms with Crippen LogP contribution in [0.15, 0.2) is 18.2 Å². The van der Waals surface area contributed by atoms with Gasteiger partial charge in [0.25, 0.3) is 0 Å². The minimum Gasteiger partial charge on any atom is -0.397 e. The molecular weight excluding hydrogens is 247 g/mol. The summed E-state index contributed by atoms with van der Waals surface area (Å²) in [7, 11) is 0. The normalized spacial score (nSPS) is 10.7. The maximum Gasteiger partial charge on any atom is 0.128 e. The molecular formula is C14H17FN2S. The summed E-state index contributed by atoms with van der Waals surface area (Å²) in [6, 6.07) is 5.28. The molecule has 2 rings (SSSR count). The standard InChI is InChI=1S/C14H17FN2S/c1-8-4-11(18-10(8)3)7-17-14-5-9(2)12(15)6-13(14)16/h4-6,17H,7,16H2,1-3H3. The number of nitrogen functional groups attached to an aromatic ring is 1. The average Bonchev–Trinajstić information content (AvgIpc) is 2.62. The van der Waals surface area contributed by atoms with Crippen molar-refractivity contribution in [2.45, 2.75) is 27.3 Å². The quantitative estimate of drug-likeness (QED) is 0.822. The van der Waals surface area contributed by atoms with Gasteiger partial charge in [0.15, 0.2) is 0 Å². The smallest absolute Gasteiger partial charge is 0.128 e. The van der Waals surface area contributed by atoms with Gasteiger partial charge in [-0.15, -0.1) is 11.3 Å². The van der Waals surface area contributed by atoms with Crippen LogP contribution in [-0.2, 0) is 6.54 Å². The first-order valence-corrected chi connectivity index (χ1v) is 6.64. The van der Waals surface area contributed by atoms with Gasteiger partial charge in [0.2, 0.25) is 0 Å². The number of benzene rings is 1. The molecule has 0 atom stereocenters. The zero-order valence-corrected chi connectivity index (χ0v) is 11.6. The number of rotatable bonds is 3. The Morgan fingerprint density at radius 2 is 1.89 bits per heavy atom. The van der Waals surface area contributed by atoms with E-state index in [9.17, 15) is 4.39 Å². The number of aryl methyl sites for hydroxylation is 3. The van der Waals surface area contributed by atoms with Crippen molar-refractivity contribution in [3.63, 3.8) is 0 Å². The van der Waals surface area contributed by atoms with E-state index in [-0.39, 0.29) is 5.82 Å². The van der Waals surface area contributed by atoms with Gasteiger partial charge in [-0.2, -0.15) is 0 Å². The first kappa shape index (κ1) is 12.9. The maximum atomic E-state index is 13.3. The van der Waals surface area contributed by atoms with Crippen LogP contribution in [0.2, 0.25) is 0 Å². The second kappa shape index (κ2) is 4.98. The summed E-state index contributed by atoms with van der Waals surface area (Å²) in [5, 5.41) is 3.26. The average molecular weight is 264 g/mol. The Balaban J connectivity index is 2.13. The van der Waals surface area contributed by atoms with Crippen molar-refractivity contribution in [3.8, 4) is 0 Å². The van der Waals surface area contributed by atoms with Gasteiger partial charge in [0.05, 0.1) is 11.4 Å². The second-order valence-electron chi connectivity index (χ2n) is 4.49. The molecule has 1 heterocycles. The van der Waals surface area contributed by atoms with Crippen LogP contribution in [0.5, 0.6) is 0 Å². The Labute approximate surface area is 111 Å². The number of nitrogens with one attached hydrogen (secondary N) is 1. The summed E-state index contributed by atoms with van der Waals surface area (Å²) in [5.41, 5.74) is 8.93. The van der Waals surface area contributed by atoms with Gasteiger partial charge in [-0.1, -0.05) is 0 Å². The van der Waals surface area contributed by atoms with Gasteiger partial charge < -0.3 is 11.1 Å². The molecule has 0 saturated heterocycles. The summed E-state index contributed by atoms with van der Waals surface area (Å²) in [5.74, 6) is -0.263. The molecule has 0 radical (unpaired) electrons. The van der Waals surface area contributed by atoms with Crippen molar-refractivity contribution in [3.05, 3.63) is 44.9 Å². The Bertz CT molecular complexity index is 556. The highest BCUT2D eigenvalue weighted by Crippen LogP contribution is 2.25. The Kier molecular flexibility index (Phi) is 3.57. The number of hydrogen-bond acceptors (Lipinski definition) is 3. The van der Waals surface area contributed by atoms with Crippen LogP contribution in [0.4, 0.5) is 15.8 Å². The van der Waals surface area contributed by atoms with E-state index in [1.54, 1.807) is 24.3 Å². The Hall–Kier alpha value is -1.55. The van der Waals surface area contributed by atoms with E-state index >= 15 is 0 Å². The van der Waals surface area contributed by atoms with Gasteiger partial charge >= 0.3 is 0 Å². The zero-order chi connectivity index (χ0) is 13.3. The molecule has 0 aliphatic carbocycles. The molecule has 18 heavy (non-hydrogen) atoms. The third-order valence-corrected chi connectivity index (χ3v) is 4.15. The van der Waals surface area contributed by atoms with Crippen LogP contribution in [0.25, 0.3) is 0 Å². The SMILES string of the molecule is Cc1cc(NCc2cc(C)c(C)s2)c(N)cc1F. The molecule has 4 heteroatoms. The van der Waals surface area contributed by atoms with Crippen LogP contribution in [0, 0.1) is 26.6 Å². The van der Waals surface area contributed by atoms with Gasteiger partial charge in [-0.3, -0.25) is 0 Å². The van der Waals surface area contributed by atoms with Crippen LogP contribution >= 0.6 is 11.3 Å². The number of thiophene rings is 1. The molecule has 0 spiro atoms. The molecule has 96 valence electrons. The highest BCUT2D eigenvalue weighted by molar-refractivity contribution is 7.12. The molecule has 3 N–H and O–H groups in total. The van der Waals surface area contributed by atoms with Crippen molar-refractivity contribution in [1.82, 2.24) is 0 Å². The van der Waals surface area contributed by atoms with Crippen LogP contribution in [-0.4, -0.2) is 0 Å². The Morgan fingerprint density at radius 1 is 1.17 bits per heavy atom. The summed E-state index contributed by atoms with van der Waals surface area (Å²) in [6.07, 6.45) is 0. The first-order valence-electron chi connectivity index (χ1n) is 5.83. The van der Waals surface area contributed by atoms with E-state index < -0.39 is 0 Å². The van der Waals surface area contributed by atoms with Crippen LogP contribution < -0.4 is 11.1 Å². The van der Waals surface area contributed by atoms with Crippen molar-refractivity contribution in [2.24, 2.45) is 0 Å². The zero-order valence-electron chi connectivity index (χ0n) is 10.8. The lowest BCUT2D eigenvalue weighted by Crippen LogP contribution is -2.02. The van der Waals surface area contributed by atoms with Gasteiger partial charge in [-0.05, 0) is 50.1 Å². The largest absolute Gasteiger partial charge is 0.397 e. The topological polar surface area (TPSA) is 38.0 Å². The number of anilines is 2. The summed E-state index contributed by atoms with van der Waals surface area (Å²) in [4.78, 5) is 2.58. The molecule has 0 fully saturated rings. The fourth-order valence-electron chi connectivity index (χ4n) is 1.77. The molecule has 0 saturated carbocycles. The summed E-state index contributed by atoms with van der Waals surface area (Å²) < 4.78 is 13.3. The van der Waals surface area contributed by atoms with E-state index in [0.29, 0.717) is 17.8 Å². The lowest BCUT2D eigenvalue weighted by atomic mass is 10.2. The van der Waals surface area contributed by atoms with Gasteiger partial charge in [0, 0.05) is 16.3 Å². The Morgan fingerprint density at radius 3 is 2.50 bits per heavy atom. The van der Waals surface area contributed by atoms with E-state index in [0.717, 1.165) is 5.69 Å². The first-order chi connectivity index (χ1) is 8.47.